The predicted octanol–water partition coefficient (Wildman–Crippen LogP) is 2.11. The number of amidine groups is 1. The number of nitrogens with zero attached hydrogens (tertiary/aromatic N) is 2. The van der Waals surface area contributed by atoms with E-state index in [2.05, 4.69) is 24.8 Å². The minimum absolute atomic E-state index is 0.0916. The van der Waals surface area contributed by atoms with Gasteiger partial charge in [-0.1, -0.05) is 0 Å². The van der Waals surface area contributed by atoms with E-state index in [0.29, 0.717) is 6.61 Å². The standard InChI is InChI=1S/C16H26N4O/c1-11(2)20(8-9-21-3)16-13(15(17)18)10-12-6-4-5-7-14(12)19-16/h10-11H,4-9H2,1-3H3,(H3,17,18). The van der Waals surface area contributed by atoms with E-state index in [1.165, 1.54) is 24.1 Å². The fourth-order valence-electron chi connectivity index (χ4n) is 2.84. The Morgan fingerprint density at radius 3 is 2.76 bits per heavy atom. The van der Waals surface area contributed by atoms with Crippen molar-refractivity contribution in [1.82, 2.24) is 4.98 Å². The van der Waals surface area contributed by atoms with Gasteiger partial charge in [0.25, 0.3) is 0 Å². The van der Waals surface area contributed by atoms with Crippen LogP contribution in [0.4, 0.5) is 5.82 Å². The molecule has 3 N–H and O–H groups in total. The van der Waals surface area contributed by atoms with Crippen molar-refractivity contribution in [3.05, 3.63) is 22.9 Å². The maximum atomic E-state index is 7.88. The van der Waals surface area contributed by atoms with E-state index in [4.69, 9.17) is 20.9 Å². The van der Waals surface area contributed by atoms with Gasteiger partial charge in [0.05, 0.1) is 12.2 Å². The van der Waals surface area contributed by atoms with Crippen molar-refractivity contribution in [2.45, 2.75) is 45.6 Å². The lowest BCUT2D eigenvalue weighted by molar-refractivity contribution is 0.203. The van der Waals surface area contributed by atoms with Crippen LogP contribution in [0.15, 0.2) is 6.07 Å². The summed E-state index contributed by atoms with van der Waals surface area (Å²) in [4.78, 5) is 7.03. The highest BCUT2D eigenvalue weighted by molar-refractivity contribution is 6.00. The molecule has 2 rings (SSSR count). The molecule has 0 atom stereocenters. The van der Waals surface area contributed by atoms with Crippen molar-refractivity contribution in [2.75, 3.05) is 25.2 Å². The maximum absolute atomic E-state index is 7.88. The molecule has 1 heterocycles. The van der Waals surface area contributed by atoms with Gasteiger partial charge in [-0.05, 0) is 51.2 Å². The summed E-state index contributed by atoms with van der Waals surface area (Å²) >= 11 is 0. The van der Waals surface area contributed by atoms with Crippen LogP contribution in [0.1, 0.15) is 43.5 Å². The molecule has 5 heteroatoms. The van der Waals surface area contributed by atoms with Crippen LogP contribution in [0.2, 0.25) is 0 Å². The van der Waals surface area contributed by atoms with E-state index in [0.717, 1.165) is 30.8 Å². The van der Waals surface area contributed by atoms with Crippen molar-refractivity contribution >= 4 is 11.7 Å². The molecule has 0 unspecified atom stereocenters. The second-order valence-corrected chi connectivity index (χ2v) is 5.87. The van der Waals surface area contributed by atoms with E-state index in [1.807, 2.05) is 0 Å². The smallest absolute Gasteiger partial charge is 0.140 e. The van der Waals surface area contributed by atoms with E-state index >= 15 is 0 Å². The van der Waals surface area contributed by atoms with Gasteiger partial charge in [0.1, 0.15) is 11.7 Å². The Bertz CT molecular complexity index is 513. The van der Waals surface area contributed by atoms with Gasteiger partial charge in [-0.15, -0.1) is 0 Å². The van der Waals surface area contributed by atoms with Gasteiger partial charge < -0.3 is 15.4 Å². The fraction of sp³-hybridized carbons (Fsp3) is 0.625. The highest BCUT2D eigenvalue weighted by Crippen LogP contribution is 2.27. The summed E-state index contributed by atoms with van der Waals surface area (Å²) in [5, 5.41) is 7.88. The van der Waals surface area contributed by atoms with E-state index < -0.39 is 0 Å². The average Bonchev–Trinajstić information content (AvgIpc) is 2.46. The number of nitrogens with two attached hydrogens (primary N) is 1. The molecule has 0 saturated carbocycles. The second kappa shape index (κ2) is 6.89. The molecular formula is C16H26N4O. The third-order valence-corrected chi connectivity index (χ3v) is 4.00. The number of pyridine rings is 1. The predicted molar refractivity (Wildman–Crippen MR) is 86.3 cm³/mol. The van der Waals surface area contributed by atoms with Gasteiger partial charge in [0.15, 0.2) is 0 Å². The first kappa shape index (κ1) is 15.8. The Morgan fingerprint density at radius 1 is 1.43 bits per heavy atom. The number of aryl methyl sites for hydroxylation is 2. The Balaban J connectivity index is 2.45. The van der Waals surface area contributed by atoms with Gasteiger partial charge in [-0.3, -0.25) is 5.41 Å². The topological polar surface area (TPSA) is 75.2 Å². The molecule has 0 aromatic carbocycles. The number of anilines is 1. The highest BCUT2D eigenvalue weighted by Gasteiger charge is 2.21. The first-order chi connectivity index (χ1) is 10.0. The quantitative estimate of drug-likeness (QED) is 0.621. The summed E-state index contributed by atoms with van der Waals surface area (Å²) in [6.07, 6.45) is 4.46. The normalized spacial score (nSPS) is 14.1. The third kappa shape index (κ3) is 3.53. The molecule has 0 fully saturated rings. The SMILES string of the molecule is COCCN(c1nc2c(cc1C(=N)N)CCCC2)C(C)C. The number of hydrogen-bond acceptors (Lipinski definition) is 4. The lowest BCUT2D eigenvalue weighted by Gasteiger charge is -2.31. The zero-order chi connectivity index (χ0) is 15.4. The summed E-state index contributed by atoms with van der Waals surface area (Å²) in [5.41, 5.74) is 8.98. The molecule has 0 saturated heterocycles. The molecule has 21 heavy (non-hydrogen) atoms. The van der Waals surface area contributed by atoms with E-state index in [-0.39, 0.29) is 11.9 Å². The van der Waals surface area contributed by atoms with Gasteiger partial charge in [-0.2, -0.15) is 0 Å². The Morgan fingerprint density at radius 2 is 2.14 bits per heavy atom. The molecule has 0 bridgehead atoms. The molecule has 116 valence electrons. The number of ether oxygens (including phenoxy) is 1. The van der Waals surface area contributed by atoms with Crippen LogP contribution in [-0.4, -0.2) is 37.1 Å². The van der Waals surface area contributed by atoms with Crippen LogP contribution >= 0.6 is 0 Å². The highest BCUT2D eigenvalue weighted by atomic mass is 16.5. The molecule has 1 aromatic rings. The molecule has 1 aliphatic rings. The number of rotatable bonds is 6. The molecular weight excluding hydrogens is 264 g/mol. The van der Waals surface area contributed by atoms with Gasteiger partial charge in [-0.25, -0.2) is 4.98 Å². The van der Waals surface area contributed by atoms with Crippen LogP contribution < -0.4 is 10.6 Å². The molecule has 0 aliphatic heterocycles. The summed E-state index contributed by atoms with van der Waals surface area (Å²) in [7, 11) is 1.70. The average molecular weight is 290 g/mol. The first-order valence-electron chi connectivity index (χ1n) is 7.67. The van der Waals surface area contributed by atoms with Gasteiger partial charge in [0.2, 0.25) is 0 Å². The fourth-order valence-corrected chi connectivity index (χ4v) is 2.84. The Hall–Kier alpha value is -1.62. The van der Waals surface area contributed by atoms with Crippen LogP contribution in [0.3, 0.4) is 0 Å². The monoisotopic (exact) mass is 290 g/mol. The number of methoxy groups -OCH3 is 1. The zero-order valence-corrected chi connectivity index (χ0v) is 13.3. The van der Waals surface area contributed by atoms with E-state index in [9.17, 15) is 0 Å². The van der Waals surface area contributed by atoms with E-state index in [1.54, 1.807) is 7.11 Å². The minimum Gasteiger partial charge on any atom is -0.384 e. The summed E-state index contributed by atoms with van der Waals surface area (Å²) in [6.45, 7) is 5.63. The Labute approximate surface area is 127 Å². The summed E-state index contributed by atoms with van der Waals surface area (Å²) in [6, 6.07) is 2.36. The van der Waals surface area contributed by atoms with Crippen molar-refractivity contribution in [3.63, 3.8) is 0 Å². The maximum Gasteiger partial charge on any atom is 0.140 e. The summed E-state index contributed by atoms with van der Waals surface area (Å²) in [5.74, 6) is 0.921. The number of nitrogens with one attached hydrogen (secondary N) is 1. The van der Waals surface area contributed by atoms with Crippen molar-refractivity contribution in [1.29, 1.82) is 5.41 Å². The second-order valence-electron chi connectivity index (χ2n) is 5.87. The Kier molecular flexibility index (Phi) is 5.17. The lowest BCUT2D eigenvalue weighted by Crippen LogP contribution is -2.36. The molecule has 1 aliphatic carbocycles. The van der Waals surface area contributed by atoms with Crippen LogP contribution in [0, 0.1) is 5.41 Å². The molecule has 0 amide bonds. The van der Waals surface area contributed by atoms with Crippen molar-refractivity contribution in [3.8, 4) is 0 Å². The van der Waals surface area contributed by atoms with Crippen molar-refractivity contribution in [2.24, 2.45) is 5.73 Å². The number of aromatic nitrogens is 1. The van der Waals surface area contributed by atoms with Gasteiger partial charge >= 0.3 is 0 Å². The largest absolute Gasteiger partial charge is 0.384 e. The van der Waals surface area contributed by atoms with Gasteiger partial charge in [0, 0.05) is 25.4 Å². The minimum atomic E-state index is 0.0916. The molecule has 5 nitrogen and oxygen atoms in total. The van der Waals surface area contributed by atoms with Crippen LogP contribution in [0.5, 0.6) is 0 Å². The van der Waals surface area contributed by atoms with Crippen LogP contribution in [-0.2, 0) is 17.6 Å². The number of hydrogen-bond donors (Lipinski definition) is 2. The molecule has 1 aromatic heterocycles. The number of nitrogen functional groups attached to an aromatic ring is 1. The van der Waals surface area contributed by atoms with Crippen molar-refractivity contribution < 1.29 is 4.74 Å². The number of fused-ring (bicyclic) bond motifs is 1. The summed E-state index contributed by atoms with van der Waals surface area (Å²) < 4.78 is 5.20. The van der Waals surface area contributed by atoms with Crippen LogP contribution in [0.25, 0.3) is 0 Å². The zero-order valence-electron chi connectivity index (χ0n) is 13.3. The third-order valence-electron chi connectivity index (χ3n) is 4.00. The molecule has 0 spiro atoms. The first-order valence-corrected chi connectivity index (χ1v) is 7.67. The molecule has 0 radical (unpaired) electrons. The lowest BCUT2D eigenvalue weighted by atomic mass is 9.94.